The average Bonchev–Trinajstić information content (AvgIpc) is 3.06. The summed E-state index contributed by atoms with van der Waals surface area (Å²) in [4.78, 5) is 8.85. The van der Waals surface area contributed by atoms with Gasteiger partial charge in [0.05, 0.1) is 11.7 Å². The number of fused-ring (bicyclic) bond motifs is 1. The van der Waals surface area contributed by atoms with Crippen LogP contribution in [0.5, 0.6) is 5.75 Å². The quantitative estimate of drug-likeness (QED) is 0.445. The van der Waals surface area contributed by atoms with E-state index in [0.717, 1.165) is 16.5 Å². The fraction of sp³-hybridized carbons (Fsp3) is 0.222. The van der Waals surface area contributed by atoms with Crippen LogP contribution in [0, 0.1) is 0 Å². The summed E-state index contributed by atoms with van der Waals surface area (Å²) in [5.74, 6) is 1.20. The number of aliphatic hydroxyl groups is 1. The smallest absolute Gasteiger partial charge is 0.182 e. The molecule has 0 unspecified atom stereocenters. The number of nitrogens with one attached hydrogen (secondary N) is 1. The van der Waals surface area contributed by atoms with Crippen LogP contribution in [0.15, 0.2) is 47.7 Å². The second-order valence-electron chi connectivity index (χ2n) is 5.63. The van der Waals surface area contributed by atoms with Crippen LogP contribution in [-0.4, -0.2) is 49.7 Å². The number of benzene rings is 1. The molecule has 8 nitrogen and oxygen atoms in total. The molecular formula is C18H20N6O2. The van der Waals surface area contributed by atoms with Crippen molar-refractivity contribution in [2.45, 2.75) is 13.3 Å². The number of hydrogen-bond donors (Lipinski definition) is 3. The Morgan fingerprint density at radius 3 is 3.00 bits per heavy atom. The number of nitrogens with zero attached hydrogens (tertiary/aromatic N) is 5. The molecule has 26 heavy (non-hydrogen) atoms. The minimum Gasteiger partial charge on any atom is -0.508 e. The van der Waals surface area contributed by atoms with Gasteiger partial charge in [-0.1, -0.05) is 6.58 Å². The normalized spacial score (nSPS) is 11.3. The number of aromatic amines is 1. The van der Waals surface area contributed by atoms with E-state index in [1.54, 1.807) is 41.7 Å². The SMILES string of the molecule is C=C(/C=N\N(CC)c1ccnc(-c2n[nH]c3ccc(O)cc23)n1)CCO. The van der Waals surface area contributed by atoms with Crippen molar-refractivity contribution in [2.24, 2.45) is 5.10 Å². The Morgan fingerprint density at radius 2 is 2.23 bits per heavy atom. The van der Waals surface area contributed by atoms with Crippen LogP contribution < -0.4 is 5.01 Å². The van der Waals surface area contributed by atoms with Crippen LogP contribution in [0.2, 0.25) is 0 Å². The van der Waals surface area contributed by atoms with Crippen molar-refractivity contribution in [2.75, 3.05) is 18.2 Å². The number of aromatic hydroxyl groups is 1. The molecule has 0 atom stereocenters. The van der Waals surface area contributed by atoms with Gasteiger partial charge in [-0.3, -0.25) is 5.10 Å². The van der Waals surface area contributed by atoms with Gasteiger partial charge in [0.25, 0.3) is 0 Å². The molecule has 3 N–H and O–H groups in total. The zero-order valence-electron chi connectivity index (χ0n) is 14.4. The van der Waals surface area contributed by atoms with Crippen molar-refractivity contribution in [3.05, 3.63) is 42.6 Å². The predicted molar refractivity (Wildman–Crippen MR) is 101 cm³/mol. The molecule has 0 saturated carbocycles. The molecule has 8 heteroatoms. The van der Waals surface area contributed by atoms with Crippen LogP contribution in [0.1, 0.15) is 13.3 Å². The number of phenolic OH excluding ortho intramolecular Hbond substituents is 1. The van der Waals surface area contributed by atoms with E-state index in [1.165, 1.54) is 0 Å². The van der Waals surface area contributed by atoms with Gasteiger partial charge >= 0.3 is 0 Å². The van der Waals surface area contributed by atoms with Crippen LogP contribution in [0.25, 0.3) is 22.4 Å². The molecule has 0 aliphatic rings. The highest BCUT2D eigenvalue weighted by Crippen LogP contribution is 2.27. The lowest BCUT2D eigenvalue weighted by Gasteiger charge is -2.16. The van der Waals surface area contributed by atoms with Crippen LogP contribution in [0.4, 0.5) is 5.82 Å². The van der Waals surface area contributed by atoms with Gasteiger partial charge in [0.15, 0.2) is 11.6 Å². The van der Waals surface area contributed by atoms with Crippen LogP contribution in [-0.2, 0) is 0 Å². The molecule has 2 aromatic heterocycles. The highest BCUT2D eigenvalue weighted by Gasteiger charge is 2.13. The number of aliphatic hydroxyl groups excluding tert-OH is 1. The fourth-order valence-electron chi connectivity index (χ4n) is 2.44. The summed E-state index contributed by atoms with van der Waals surface area (Å²) >= 11 is 0. The van der Waals surface area contributed by atoms with Gasteiger partial charge in [-0.2, -0.15) is 10.2 Å². The van der Waals surface area contributed by atoms with Gasteiger partial charge in [0.1, 0.15) is 11.4 Å². The van der Waals surface area contributed by atoms with Gasteiger partial charge in [-0.15, -0.1) is 0 Å². The molecule has 2 heterocycles. The zero-order valence-corrected chi connectivity index (χ0v) is 14.4. The number of anilines is 1. The average molecular weight is 352 g/mol. The molecule has 0 spiro atoms. The van der Waals surface area contributed by atoms with Gasteiger partial charge in [0.2, 0.25) is 0 Å². The number of hydrogen-bond acceptors (Lipinski definition) is 7. The first-order valence-corrected chi connectivity index (χ1v) is 8.23. The van der Waals surface area contributed by atoms with E-state index in [2.05, 4.69) is 31.8 Å². The number of rotatable bonds is 7. The summed E-state index contributed by atoms with van der Waals surface area (Å²) in [6.07, 6.45) is 3.73. The summed E-state index contributed by atoms with van der Waals surface area (Å²) < 4.78 is 0. The molecule has 3 rings (SSSR count). The van der Waals surface area contributed by atoms with Gasteiger partial charge < -0.3 is 10.2 Å². The Labute approximate surface area is 150 Å². The maximum absolute atomic E-state index is 9.73. The van der Waals surface area contributed by atoms with Gasteiger partial charge in [-0.05, 0) is 37.1 Å². The number of H-pyrrole nitrogens is 1. The molecule has 3 aromatic rings. The number of aromatic nitrogens is 4. The first kappa shape index (κ1) is 17.6. The predicted octanol–water partition coefficient (Wildman–Crippen LogP) is 2.48. The Bertz CT molecular complexity index is 950. The Hall–Kier alpha value is -3.26. The van der Waals surface area contributed by atoms with Crippen molar-refractivity contribution in [1.29, 1.82) is 0 Å². The summed E-state index contributed by atoms with van der Waals surface area (Å²) in [6.45, 7) is 6.43. The molecule has 0 radical (unpaired) electrons. The monoisotopic (exact) mass is 352 g/mol. The maximum atomic E-state index is 9.73. The Kier molecular flexibility index (Phi) is 5.23. The van der Waals surface area contributed by atoms with E-state index in [-0.39, 0.29) is 12.4 Å². The highest BCUT2D eigenvalue weighted by atomic mass is 16.3. The molecule has 1 aromatic carbocycles. The molecule has 0 aliphatic heterocycles. The summed E-state index contributed by atoms with van der Waals surface area (Å²) in [5.41, 5.74) is 2.08. The van der Waals surface area contributed by atoms with E-state index in [9.17, 15) is 5.11 Å². The molecular weight excluding hydrogens is 332 g/mol. The van der Waals surface area contributed by atoms with Gasteiger partial charge in [-0.25, -0.2) is 15.0 Å². The molecule has 0 fully saturated rings. The summed E-state index contributed by atoms with van der Waals surface area (Å²) in [6, 6.07) is 6.72. The van der Waals surface area contributed by atoms with E-state index < -0.39 is 0 Å². The largest absolute Gasteiger partial charge is 0.508 e. The summed E-state index contributed by atoms with van der Waals surface area (Å²) in [5, 5.41) is 32.7. The van der Waals surface area contributed by atoms with E-state index >= 15 is 0 Å². The summed E-state index contributed by atoms with van der Waals surface area (Å²) in [7, 11) is 0. The lowest BCUT2D eigenvalue weighted by Crippen LogP contribution is -2.17. The topological polar surface area (TPSA) is 111 Å². The second kappa shape index (κ2) is 7.75. The Morgan fingerprint density at radius 1 is 1.38 bits per heavy atom. The molecule has 0 saturated heterocycles. The van der Waals surface area contributed by atoms with E-state index in [0.29, 0.717) is 30.3 Å². The first-order chi connectivity index (χ1) is 12.6. The van der Waals surface area contributed by atoms with Crippen molar-refractivity contribution >= 4 is 22.9 Å². The third-order valence-electron chi connectivity index (χ3n) is 3.78. The minimum absolute atomic E-state index is 0.0354. The third-order valence-corrected chi connectivity index (χ3v) is 3.78. The molecule has 134 valence electrons. The molecule has 0 amide bonds. The zero-order chi connectivity index (χ0) is 18.5. The molecule has 0 bridgehead atoms. The third kappa shape index (κ3) is 3.70. The van der Waals surface area contributed by atoms with Crippen molar-refractivity contribution in [1.82, 2.24) is 20.2 Å². The molecule has 0 aliphatic carbocycles. The fourth-order valence-corrected chi connectivity index (χ4v) is 2.44. The standard InChI is InChI=1S/C18H20N6O2/c1-3-24(20-11-12(2)7-9-25)16-6-8-19-18(21-16)17-14-10-13(26)4-5-15(14)22-23-17/h4-6,8,10-11,25-26H,2-3,7,9H2,1H3,(H,22,23)/b20-11-. The van der Waals surface area contributed by atoms with Gasteiger partial charge in [0, 0.05) is 30.8 Å². The van der Waals surface area contributed by atoms with Crippen molar-refractivity contribution in [3.63, 3.8) is 0 Å². The van der Waals surface area contributed by atoms with Crippen molar-refractivity contribution in [3.8, 4) is 17.3 Å². The highest BCUT2D eigenvalue weighted by molar-refractivity contribution is 5.92. The van der Waals surface area contributed by atoms with Crippen molar-refractivity contribution < 1.29 is 10.2 Å². The lowest BCUT2D eigenvalue weighted by atomic mass is 10.2. The minimum atomic E-state index is 0.0354. The number of phenols is 1. The van der Waals surface area contributed by atoms with E-state index in [4.69, 9.17) is 5.11 Å². The Balaban J connectivity index is 1.94. The second-order valence-corrected chi connectivity index (χ2v) is 5.63. The first-order valence-electron chi connectivity index (χ1n) is 8.23. The van der Waals surface area contributed by atoms with Crippen LogP contribution in [0.3, 0.4) is 0 Å². The number of hydrazone groups is 1. The maximum Gasteiger partial charge on any atom is 0.182 e. The van der Waals surface area contributed by atoms with Crippen LogP contribution >= 0.6 is 0 Å². The lowest BCUT2D eigenvalue weighted by molar-refractivity contribution is 0.301. The van der Waals surface area contributed by atoms with E-state index in [1.807, 2.05) is 6.92 Å².